The first-order chi connectivity index (χ1) is 8.12. The van der Waals surface area contributed by atoms with E-state index in [2.05, 4.69) is 21.2 Å². The van der Waals surface area contributed by atoms with E-state index in [1.54, 1.807) is 13.0 Å². The van der Waals surface area contributed by atoms with Gasteiger partial charge in [0, 0.05) is 16.1 Å². The van der Waals surface area contributed by atoms with Crippen LogP contribution in [0.2, 0.25) is 0 Å². The van der Waals surface area contributed by atoms with Gasteiger partial charge in [-0.2, -0.15) is 0 Å². The zero-order valence-corrected chi connectivity index (χ0v) is 12.7. The molecular formula is C11H15BrN2O3S. The summed E-state index contributed by atoms with van der Waals surface area (Å²) in [6, 6.07) is 2.92. The molecule has 0 saturated carbocycles. The molecule has 1 aromatic carbocycles. The fourth-order valence-corrected chi connectivity index (χ4v) is 2.96. The molecule has 0 aliphatic carbocycles. The summed E-state index contributed by atoms with van der Waals surface area (Å²) in [6.45, 7) is 5.21. The van der Waals surface area contributed by atoms with E-state index >= 15 is 0 Å². The zero-order chi connectivity index (χ0) is 14.1. The number of nitrogens with one attached hydrogen (secondary N) is 1. The van der Waals surface area contributed by atoms with Gasteiger partial charge >= 0.3 is 0 Å². The van der Waals surface area contributed by atoms with Crippen molar-refractivity contribution in [2.45, 2.75) is 31.7 Å². The summed E-state index contributed by atoms with van der Waals surface area (Å²) >= 11 is 3.17. The number of rotatable bonds is 3. The molecule has 3 N–H and O–H groups in total. The maximum absolute atomic E-state index is 11.9. The molecule has 0 heterocycles. The third-order valence-corrected chi connectivity index (χ3v) is 3.79. The normalized spacial score (nSPS) is 11.7. The number of halogens is 1. The van der Waals surface area contributed by atoms with E-state index in [9.17, 15) is 13.2 Å². The summed E-state index contributed by atoms with van der Waals surface area (Å²) in [6.07, 6.45) is 0. The summed E-state index contributed by atoms with van der Waals surface area (Å²) < 4.78 is 23.3. The molecular weight excluding hydrogens is 320 g/mol. The van der Waals surface area contributed by atoms with Gasteiger partial charge in [0.2, 0.25) is 10.0 Å². The van der Waals surface area contributed by atoms with E-state index in [-0.39, 0.29) is 16.8 Å². The molecule has 0 aromatic heterocycles. The second-order valence-corrected chi connectivity index (χ2v) is 6.70. The van der Waals surface area contributed by atoms with Crippen LogP contribution in [0.5, 0.6) is 0 Å². The average molecular weight is 335 g/mol. The van der Waals surface area contributed by atoms with Gasteiger partial charge in [-0.3, -0.25) is 4.79 Å². The maximum atomic E-state index is 11.9. The highest BCUT2D eigenvalue weighted by molar-refractivity contribution is 9.10. The zero-order valence-electron chi connectivity index (χ0n) is 10.3. The van der Waals surface area contributed by atoms with Gasteiger partial charge in [-0.15, -0.1) is 0 Å². The third kappa shape index (κ3) is 3.54. The Bertz CT molecular complexity index is 582. The Morgan fingerprint density at radius 2 is 1.94 bits per heavy atom. The number of nitrogens with two attached hydrogens (primary N) is 1. The van der Waals surface area contributed by atoms with Crippen molar-refractivity contribution < 1.29 is 13.2 Å². The van der Waals surface area contributed by atoms with Crippen LogP contribution in [0.15, 0.2) is 21.5 Å². The molecule has 0 spiro atoms. The topological polar surface area (TPSA) is 89.3 Å². The highest BCUT2D eigenvalue weighted by atomic mass is 79.9. The number of primary sulfonamides is 1. The predicted molar refractivity (Wildman–Crippen MR) is 72.9 cm³/mol. The molecule has 0 aliphatic rings. The van der Waals surface area contributed by atoms with Crippen LogP contribution in [0.25, 0.3) is 0 Å². The fourth-order valence-electron chi connectivity index (χ4n) is 1.53. The molecule has 0 saturated heterocycles. The van der Waals surface area contributed by atoms with Crippen molar-refractivity contribution in [2.24, 2.45) is 5.14 Å². The number of carbonyl (C=O) groups is 1. The van der Waals surface area contributed by atoms with Crippen molar-refractivity contribution in [1.29, 1.82) is 0 Å². The molecule has 0 unspecified atom stereocenters. The molecule has 0 atom stereocenters. The number of benzene rings is 1. The molecule has 100 valence electrons. The lowest BCUT2D eigenvalue weighted by molar-refractivity contribution is 0.0942. The van der Waals surface area contributed by atoms with E-state index < -0.39 is 10.0 Å². The van der Waals surface area contributed by atoms with Crippen LogP contribution in [-0.4, -0.2) is 20.4 Å². The summed E-state index contributed by atoms with van der Waals surface area (Å²) in [5, 5.41) is 7.83. The summed E-state index contributed by atoms with van der Waals surface area (Å²) in [7, 11) is -3.85. The second-order valence-electron chi connectivity index (χ2n) is 4.25. The first-order valence-corrected chi connectivity index (χ1v) is 7.60. The Balaban J connectivity index is 3.39. The van der Waals surface area contributed by atoms with Crippen LogP contribution in [0, 0.1) is 6.92 Å². The summed E-state index contributed by atoms with van der Waals surface area (Å²) in [4.78, 5) is 11.9. The molecule has 1 rings (SSSR count). The van der Waals surface area contributed by atoms with Crippen LogP contribution >= 0.6 is 15.9 Å². The highest BCUT2D eigenvalue weighted by Gasteiger charge is 2.19. The lowest BCUT2D eigenvalue weighted by Gasteiger charge is -2.13. The van der Waals surface area contributed by atoms with Crippen LogP contribution in [-0.2, 0) is 10.0 Å². The minimum absolute atomic E-state index is 0.0335. The van der Waals surface area contributed by atoms with E-state index in [4.69, 9.17) is 5.14 Å². The summed E-state index contributed by atoms with van der Waals surface area (Å²) in [5.41, 5.74) is 0.640. The number of amides is 1. The molecule has 0 bridgehead atoms. The Labute approximate surface area is 115 Å². The third-order valence-electron chi connectivity index (χ3n) is 2.30. The molecule has 18 heavy (non-hydrogen) atoms. The van der Waals surface area contributed by atoms with Gasteiger partial charge in [0.1, 0.15) is 0 Å². The maximum Gasteiger partial charge on any atom is 0.251 e. The SMILES string of the molecule is Cc1c(C(=O)NC(C)C)cc(Br)cc1S(N)(=O)=O. The van der Waals surface area contributed by atoms with Gasteiger partial charge in [0.15, 0.2) is 0 Å². The minimum atomic E-state index is -3.85. The highest BCUT2D eigenvalue weighted by Crippen LogP contribution is 2.24. The fraction of sp³-hybridized carbons (Fsp3) is 0.364. The van der Waals surface area contributed by atoms with Gasteiger partial charge in [-0.25, -0.2) is 13.6 Å². The number of sulfonamides is 1. The molecule has 0 radical (unpaired) electrons. The van der Waals surface area contributed by atoms with Gasteiger partial charge in [0.05, 0.1) is 4.90 Å². The Kier molecular flexibility index (Phi) is 4.52. The molecule has 5 nitrogen and oxygen atoms in total. The van der Waals surface area contributed by atoms with Gasteiger partial charge < -0.3 is 5.32 Å². The average Bonchev–Trinajstić information content (AvgIpc) is 2.18. The van der Waals surface area contributed by atoms with Gasteiger partial charge in [0.25, 0.3) is 5.91 Å². The van der Waals surface area contributed by atoms with Crippen molar-refractivity contribution in [1.82, 2.24) is 5.32 Å². The molecule has 7 heteroatoms. The predicted octanol–water partition coefficient (Wildman–Crippen LogP) is 1.54. The quantitative estimate of drug-likeness (QED) is 0.878. The Morgan fingerprint density at radius 1 is 1.39 bits per heavy atom. The van der Waals surface area contributed by atoms with Crippen LogP contribution in [0.4, 0.5) is 0 Å². The van der Waals surface area contributed by atoms with Crippen molar-refractivity contribution in [3.63, 3.8) is 0 Å². The first-order valence-electron chi connectivity index (χ1n) is 5.26. The van der Waals surface area contributed by atoms with E-state index in [0.29, 0.717) is 15.6 Å². The van der Waals surface area contributed by atoms with E-state index in [1.165, 1.54) is 6.07 Å². The van der Waals surface area contributed by atoms with Crippen LogP contribution < -0.4 is 10.5 Å². The number of hydrogen-bond donors (Lipinski definition) is 2. The Hall–Kier alpha value is -0.920. The molecule has 0 fully saturated rings. The smallest absolute Gasteiger partial charge is 0.251 e. The van der Waals surface area contributed by atoms with Gasteiger partial charge in [-0.1, -0.05) is 15.9 Å². The number of hydrogen-bond acceptors (Lipinski definition) is 3. The molecule has 1 amide bonds. The van der Waals surface area contributed by atoms with Crippen LogP contribution in [0.1, 0.15) is 29.8 Å². The summed E-state index contributed by atoms with van der Waals surface area (Å²) in [5.74, 6) is -0.325. The monoisotopic (exact) mass is 334 g/mol. The van der Waals surface area contributed by atoms with Gasteiger partial charge in [-0.05, 0) is 38.5 Å². The lowest BCUT2D eigenvalue weighted by atomic mass is 10.1. The standard InChI is InChI=1S/C11H15BrN2O3S/c1-6(2)14-11(15)9-4-8(12)5-10(7(9)3)18(13,16)17/h4-6H,1-3H3,(H,14,15)(H2,13,16,17). The van der Waals surface area contributed by atoms with Crippen molar-refractivity contribution in [3.8, 4) is 0 Å². The van der Waals surface area contributed by atoms with Crippen molar-refractivity contribution >= 4 is 31.9 Å². The number of carbonyl (C=O) groups excluding carboxylic acids is 1. The largest absolute Gasteiger partial charge is 0.350 e. The van der Waals surface area contributed by atoms with Crippen LogP contribution in [0.3, 0.4) is 0 Å². The Morgan fingerprint density at radius 3 is 2.39 bits per heavy atom. The van der Waals surface area contributed by atoms with Crippen molar-refractivity contribution in [3.05, 3.63) is 27.7 Å². The van der Waals surface area contributed by atoms with E-state index in [0.717, 1.165) is 0 Å². The van der Waals surface area contributed by atoms with E-state index in [1.807, 2.05) is 13.8 Å². The first kappa shape index (κ1) is 15.1. The minimum Gasteiger partial charge on any atom is -0.350 e. The van der Waals surface area contributed by atoms with Crippen molar-refractivity contribution in [2.75, 3.05) is 0 Å². The second kappa shape index (κ2) is 5.38. The lowest BCUT2D eigenvalue weighted by Crippen LogP contribution is -2.31. The molecule has 1 aromatic rings. The molecule has 0 aliphatic heterocycles.